The number of nitrogens with one attached hydrogen (secondary N) is 1. The van der Waals surface area contributed by atoms with Crippen LogP contribution in [0, 0.1) is 17.0 Å². The number of anilines is 1. The van der Waals surface area contributed by atoms with E-state index >= 15 is 0 Å². The minimum atomic E-state index is -0.695. The first-order valence-corrected chi connectivity index (χ1v) is 6.50. The Balaban J connectivity index is 2.36. The molecular weight excluding hydrogens is 319 g/mol. The summed E-state index contributed by atoms with van der Waals surface area (Å²) >= 11 is 11.5. The molecule has 0 spiro atoms. The minimum Gasteiger partial charge on any atom is -0.307 e. The van der Waals surface area contributed by atoms with E-state index in [4.69, 9.17) is 23.2 Å². The number of rotatable bonds is 3. The van der Waals surface area contributed by atoms with Crippen LogP contribution in [0.5, 0.6) is 0 Å². The van der Waals surface area contributed by atoms with Crippen molar-refractivity contribution >= 4 is 40.6 Å². The van der Waals surface area contributed by atoms with Gasteiger partial charge in [-0.3, -0.25) is 19.6 Å². The van der Waals surface area contributed by atoms with Crippen LogP contribution in [0.2, 0.25) is 10.0 Å². The number of nitro groups is 1. The van der Waals surface area contributed by atoms with Crippen LogP contribution >= 0.6 is 23.2 Å². The first-order valence-electron chi connectivity index (χ1n) is 5.75. The molecule has 1 N–H and O–H groups in total. The fraction of sp³-hybridized carbons (Fsp3) is 0.167. The smallest absolute Gasteiger partial charge is 0.290 e. The van der Waals surface area contributed by atoms with E-state index < -0.39 is 16.5 Å². The summed E-state index contributed by atoms with van der Waals surface area (Å²) in [5, 5.41) is 17.3. The maximum absolute atomic E-state index is 12.1. The monoisotopic (exact) mass is 328 g/mol. The van der Waals surface area contributed by atoms with Crippen LogP contribution in [0.15, 0.2) is 18.2 Å². The summed E-state index contributed by atoms with van der Waals surface area (Å²) < 4.78 is 1.49. The van der Waals surface area contributed by atoms with E-state index in [0.29, 0.717) is 5.82 Å². The first-order chi connectivity index (χ1) is 9.79. The lowest BCUT2D eigenvalue weighted by Crippen LogP contribution is -2.15. The van der Waals surface area contributed by atoms with Gasteiger partial charge in [0.15, 0.2) is 0 Å². The number of carbonyl (C=O) groups excluding carboxylic acids is 1. The molecule has 0 aliphatic rings. The van der Waals surface area contributed by atoms with Gasteiger partial charge in [-0.05, 0) is 13.0 Å². The molecule has 110 valence electrons. The summed E-state index contributed by atoms with van der Waals surface area (Å²) in [4.78, 5) is 22.3. The van der Waals surface area contributed by atoms with Gasteiger partial charge in [-0.2, -0.15) is 5.10 Å². The van der Waals surface area contributed by atoms with E-state index in [-0.39, 0.29) is 15.6 Å². The summed E-state index contributed by atoms with van der Waals surface area (Å²) in [6, 6.07) is 4.02. The largest absolute Gasteiger partial charge is 0.307 e. The van der Waals surface area contributed by atoms with E-state index in [1.165, 1.54) is 10.7 Å². The van der Waals surface area contributed by atoms with Crippen LogP contribution in [0.25, 0.3) is 0 Å². The van der Waals surface area contributed by atoms with Crippen molar-refractivity contribution in [3.63, 3.8) is 0 Å². The molecule has 0 unspecified atom stereocenters. The van der Waals surface area contributed by atoms with Crippen LogP contribution in [-0.4, -0.2) is 20.6 Å². The highest BCUT2D eigenvalue weighted by Crippen LogP contribution is 2.33. The van der Waals surface area contributed by atoms with Gasteiger partial charge >= 0.3 is 0 Å². The van der Waals surface area contributed by atoms with E-state index in [2.05, 4.69) is 10.4 Å². The average molecular weight is 329 g/mol. The SMILES string of the molecule is Cc1cc(NC(=O)c2cc(Cl)c(Cl)c([N+](=O)[O-])c2)n(C)n1. The predicted octanol–water partition coefficient (Wildman–Crippen LogP) is 3.20. The fourth-order valence-electron chi connectivity index (χ4n) is 1.75. The summed E-state index contributed by atoms with van der Waals surface area (Å²) in [6.07, 6.45) is 0. The second-order valence-corrected chi connectivity index (χ2v) is 5.08. The van der Waals surface area contributed by atoms with Gasteiger partial charge in [-0.1, -0.05) is 23.2 Å². The fourth-order valence-corrected chi connectivity index (χ4v) is 2.15. The lowest BCUT2D eigenvalue weighted by molar-refractivity contribution is -0.384. The highest BCUT2D eigenvalue weighted by atomic mass is 35.5. The van der Waals surface area contributed by atoms with E-state index in [1.807, 2.05) is 0 Å². The highest BCUT2D eigenvalue weighted by Gasteiger charge is 2.20. The van der Waals surface area contributed by atoms with Gasteiger partial charge in [0.1, 0.15) is 10.8 Å². The summed E-state index contributed by atoms with van der Waals surface area (Å²) in [5.74, 6) is -0.0779. The van der Waals surface area contributed by atoms with Gasteiger partial charge in [0.05, 0.1) is 15.6 Å². The summed E-state index contributed by atoms with van der Waals surface area (Å²) in [6.45, 7) is 1.78. The van der Waals surface area contributed by atoms with Gasteiger partial charge in [0.2, 0.25) is 0 Å². The predicted molar refractivity (Wildman–Crippen MR) is 79.0 cm³/mol. The Morgan fingerprint density at radius 3 is 2.57 bits per heavy atom. The molecule has 0 radical (unpaired) electrons. The number of carbonyl (C=O) groups is 1. The average Bonchev–Trinajstić information content (AvgIpc) is 2.70. The number of amides is 1. The third kappa shape index (κ3) is 3.14. The van der Waals surface area contributed by atoms with Crippen molar-refractivity contribution in [3.05, 3.63) is 49.6 Å². The molecule has 0 aliphatic heterocycles. The number of hydrogen-bond acceptors (Lipinski definition) is 4. The Morgan fingerprint density at radius 2 is 2.05 bits per heavy atom. The lowest BCUT2D eigenvalue weighted by atomic mass is 10.2. The highest BCUT2D eigenvalue weighted by molar-refractivity contribution is 6.43. The van der Waals surface area contributed by atoms with Crippen molar-refractivity contribution in [2.24, 2.45) is 7.05 Å². The topological polar surface area (TPSA) is 90.1 Å². The quantitative estimate of drug-likeness (QED) is 0.691. The Kier molecular flexibility index (Phi) is 4.15. The summed E-state index contributed by atoms with van der Waals surface area (Å²) in [5.41, 5.74) is 0.346. The number of nitrogens with zero attached hydrogens (tertiary/aromatic N) is 3. The van der Waals surface area contributed by atoms with Crippen molar-refractivity contribution in [1.29, 1.82) is 0 Å². The molecule has 0 atom stereocenters. The maximum Gasteiger partial charge on any atom is 0.290 e. The molecule has 0 bridgehead atoms. The molecule has 2 aromatic rings. The van der Waals surface area contributed by atoms with E-state index in [9.17, 15) is 14.9 Å². The van der Waals surface area contributed by atoms with Crippen LogP contribution in [0.3, 0.4) is 0 Å². The number of aryl methyl sites for hydroxylation is 2. The zero-order chi connectivity index (χ0) is 15.7. The third-order valence-electron chi connectivity index (χ3n) is 2.71. The molecule has 0 saturated heterocycles. The van der Waals surface area contributed by atoms with Crippen LogP contribution < -0.4 is 5.32 Å². The molecule has 0 fully saturated rings. The number of hydrogen-bond donors (Lipinski definition) is 1. The molecule has 2 rings (SSSR count). The molecule has 1 heterocycles. The molecule has 1 amide bonds. The zero-order valence-corrected chi connectivity index (χ0v) is 12.6. The zero-order valence-electron chi connectivity index (χ0n) is 11.1. The van der Waals surface area contributed by atoms with Gasteiger partial charge in [-0.25, -0.2) is 0 Å². The first kappa shape index (κ1) is 15.3. The second-order valence-electron chi connectivity index (χ2n) is 4.30. The molecule has 1 aromatic carbocycles. The normalized spacial score (nSPS) is 10.5. The van der Waals surface area contributed by atoms with Gasteiger partial charge in [-0.15, -0.1) is 0 Å². The van der Waals surface area contributed by atoms with Gasteiger partial charge < -0.3 is 5.32 Å². The Labute approximate surface area is 129 Å². The molecule has 0 aliphatic carbocycles. The number of aromatic nitrogens is 2. The summed E-state index contributed by atoms with van der Waals surface area (Å²) in [7, 11) is 1.67. The number of benzene rings is 1. The molecule has 9 heteroatoms. The van der Waals surface area contributed by atoms with Crippen LogP contribution in [0.1, 0.15) is 16.1 Å². The van der Waals surface area contributed by atoms with Crippen molar-refractivity contribution in [2.45, 2.75) is 6.92 Å². The number of halogens is 2. The molecule has 7 nitrogen and oxygen atoms in total. The molecular formula is C12H10Cl2N4O3. The van der Waals surface area contributed by atoms with Crippen molar-refractivity contribution in [2.75, 3.05) is 5.32 Å². The number of nitro benzene ring substituents is 1. The maximum atomic E-state index is 12.1. The van der Waals surface area contributed by atoms with Crippen molar-refractivity contribution in [1.82, 2.24) is 9.78 Å². The van der Waals surface area contributed by atoms with Crippen molar-refractivity contribution < 1.29 is 9.72 Å². The lowest BCUT2D eigenvalue weighted by Gasteiger charge is -2.06. The Bertz CT molecular complexity index is 742. The molecule has 21 heavy (non-hydrogen) atoms. The van der Waals surface area contributed by atoms with Crippen LogP contribution in [-0.2, 0) is 7.05 Å². The third-order valence-corrected chi connectivity index (χ3v) is 3.50. The van der Waals surface area contributed by atoms with Crippen LogP contribution in [0.4, 0.5) is 11.5 Å². The molecule has 0 saturated carbocycles. The van der Waals surface area contributed by atoms with Gasteiger partial charge in [0.25, 0.3) is 11.6 Å². The Hall–Kier alpha value is -2.12. The second kappa shape index (κ2) is 5.71. The minimum absolute atomic E-state index is 0.0370. The Morgan fingerprint density at radius 1 is 1.38 bits per heavy atom. The van der Waals surface area contributed by atoms with E-state index in [1.54, 1.807) is 20.0 Å². The van der Waals surface area contributed by atoms with Crippen molar-refractivity contribution in [3.8, 4) is 0 Å². The van der Waals surface area contributed by atoms with E-state index in [0.717, 1.165) is 11.8 Å². The van der Waals surface area contributed by atoms with Gasteiger partial charge in [0, 0.05) is 24.7 Å². The standard InChI is InChI=1S/C12H10Cl2N4O3/c1-6-3-10(17(2)16-6)15-12(19)7-4-8(13)11(14)9(5-7)18(20)21/h3-5H,1-2H3,(H,15,19). The molecule has 1 aromatic heterocycles.